The van der Waals surface area contributed by atoms with Gasteiger partial charge in [0.1, 0.15) is 0 Å². The van der Waals surface area contributed by atoms with Crippen molar-refractivity contribution in [2.45, 2.75) is 32.7 Å². The van der Waals surface area contributed by atoms with Crippen LogP contribution >= 0.6 is 0 Å². The number of hydrogen-bond donors (Lipinski definition) is 2. The highest BCUT2D eigenvalue weighted by Gasteiger charge is 2.29. The fourth-order valence-corrected chi connectivity index (χ4v) is 2.24. The number of nitrogen functional groups attached to an aromatic ring is 1. The molecule has 0 aromatic heterocycles. The van der Waals surface area contributed by atoms with Gasteiger partial charge in [-0.05, 0) is 49.6 Å². The largest absolute Gasteiger partial charge is 0.399 e. The predicted molar refractivity (Wildman–Crippen MR) is 86.9 cm³/mol. The minimum atomic E-state index is -0.587. The van der Waals surface area contributed by atoms with Crippen molar-refractivity contribution in [2.75, 3.05) is 5.73 Å². The average Bonchev–Trinajstić information content (AvgIpc) is 2.46. The van der Waals surface area contributed by atoms with Crippen molar-refractivity contribution >= 4 is 11.6 Å². The van der Waals surface area contributed by atoms with Gasteiger partial charge < -0.3 is 11.1 Å². The maximum atomic E-state index is 12.5. The molecular formula is C18H22N2O. The van der Waals surface area contributed by atoms with E-state index in [4.69, 9.17) is 5.73 Å². The topological polar surface area (TPSA) is 55.1 Å². The van der Waals surface area contributed by atoms with Gasteiger partial charge in [-0.2, -0.15) is 0 Å². The lowest BCUT2D eigenvalue weighted by Gasteiger charge is -2.24. The molecule has 3 heteroatoms. The van der Waals surface area contributed by atoms with E-state index in [2.05, 4.69) is 5.32 Å². The third-order valence-corrected chi connectivity index (χ3v) is 3.90. The van der Waals surface area contributed by atoms with Gasteiger partial charge >= 0.3 is 0 Å². The third kappa shape index (κ3) is 3.43. The summed E-state index contributed by atoms with van der Waals surface area (Å²) in [6, 6.07) is 15.5. The Balaban J connectivity index is 2.08. The molecule has 0 aliphatic carbocycles. The summed E-state index contributed by atoms with van der Waals surface area (Å²) in [7, 11) is 0. The molecule has 110 valence electrons. The lowest BCUT2D eigenvalue weighted by molar-refractivity contribution is -0.125. The predicted octanol–water partition coefficient (Wildman–Crippen LogP) is 3.17. The van der Waals surface area contributed by atoms with Gasteiger partial charge in [0.05, 0.1) is 5.41 Å². The van der Waals surface area contributed by atoms with Gasteiger partial charge in [0.15, 0.2) is 0 Å². The van der Waals surface area contributed by atoms with Crippen LogP contribution in [0, 0.1) is 6.92 Å². The second kappa shape index (κ2) is 6.00. The number of aryl methyl sites for hydroxylation is 1. The third-order valence-electron chi connectivity index (χ3n) is 3.90. The van der Waals surface area contributed by atoms with Crippen LogP contribution in [0.5, 0.6) is 0 Å². The summed E-state index contributed by atoms with van der Waals surface area (Å²) in [6.45, 7) is 6.44. The molecular weight excluding hydrogens is 260 g/mol. The first-order valence-electron chi connectivity index (χ1n) is 7.10. The van der Waals surface area contributed by atoms with Gasteiger partial charge in [0.25, 0.3) is 0 Å². The second-order valence-corrected chi connectivity index (χ2v) is 5.86. The molecule has 0 aliphatic heterocycles. The monoisotopic (exact) mass is 282 g/mol. The van der Waals surface area contributed by atoms with Gasteiger partial charge in [-0.1, -0.05) is 36.4 Å². The zero-order valence-corrected chi connectivity index (χ0v) is 12.8. The SMILES string of the molecule is Cc1ccccc1CNC(=O)C(C)(C)c1ccc(N)cc1. The number of carbonyl (C=O) groups excluding carboxylic acids is 1. The van der Waals surface area contributed by atoms with Crippen LogP contribution < -0.4 is 11.1 Å². The summed E-state index contributed by atoms with van der Waals surface area (Å²) < 4.78 is 0. The molecule has 3 nitrogen and oxygen atoms in total. The van der Waals surface area contributed by atoms with E-state index in [0.717, 1.165) is 11.1 Å². The molecule has 2 rings (SSSR count). The van der Waals surface area contributed by atoms with E-state index in [1.165, 1.54) is 5.56 Å². The second-order valence-electron chi connectivity index (χ2n) is 5.86. The summed E-state index contributed by atoms with van der Waals surface area (Å²) in [5.74, 6) is 0.00974. The first-order chi connectivity index (χ1) is 9.91. The number of nitrogens with one attached hydrogen (secondary N) is 1. The van der Waals surface area contributed by atoms with Crippen molar-refractivity contribution in [3.8, 4) is 0 Å². The minimum absolute atomic E-state index is 0.00974. The number of nitrogens with two attached hydrogens (primary N) is 1. The summed E-state index contributed by atoms with van der Waals surface area (Å²) >= 11 is 0. The van der Waals surface area contributed by atoms with Crippen LogP contribution in [0.3, 0.4) is 0 Å². The van der Waals surface area contributed by atoms with Crippen LogP contribution in [0.25, 0.3) is 0 Å². The Morgan fingerprint density at radius 1 is 1.10 bits per heavy atom. The van der Waals surface area contributed by atoms with Crippen molar-refractivity contribution < 1.29 is 4.79 Å². The highest BCUT2D eigenvalue weighted by atomic mass is 16.2. The van der Waals surface area contributed by atoms with Crippen molar-refractivity contribution in [3.05, 3.63) is 65.2 Å². The van der Waals surface area contributed by atoms with E-state index in [-0.39, 0.29) is 5.91 Å². The zero-order valence-electron chi connectivity index (χ0n) is 12.8. The van der Waals surface area contributed by atoms with Crippen molar-refractivity contribution in [1.29, 1.82) is 0 Å². The Labute approximate surface area is 126 Å². The molecule has 2 aromatic carbocycles. The maximum absolute atomic E-state index is 12.5. The highest BCUT2D eigenvalue weighted by molar-refractivity contribution is 5.87. The van der Waals surface area contributed by atoms with Gasteiger partial charge in [-0.15, -0.1) is 0 Å². The van der Waals surface area contributed by atoms with E-state index in [9.17, 15) is 4.79 Å². The van der Waals surface area contributed by atoms with Crippen LogP contribution in [0.15, 0.2) is 48.5 Å². The number of carbonyl (C=O) groups is 1. The Kier molecular flexibility index (Phi) is 4.32. The minimum Gasteiger partial charge on any atom is -0.399 e. The first kappa shape index (κ1) is 15.1. The van der Waals surface area contributed by atoms with Crippen LogP contribution in [0.4, 0.5) is 5.69 Å². The molecule has 0 heterocycles. The molecule has 0 unspecified atom stereocenters. The lowest BCUT2D eigenvalue weighted by Crippen LogP contribution is -2.39. The number of rotatable bonds is 4. The summed E-state index contributed by atoms with van der Waals surface area (Å²) in [6.07, 6.45) is 0. The molecule has 1 amide bonds. The smallest absolute Gasteiger partial charge is 0.230 e. The Morgan fingerprint density at radius 2 is 1.71 bits per heavy atom. The lowest BCUT2D eigenvalue weighted by atomic mass is 9.83. The summed E-state index contributed by atoms with van der Waals surface area (Å²) in [4.78, 5) is 12.5. The van der Waals surface area contributed by atoms with Crippen LogP contribution in [0.1, 0.15) is 30.5 Å². The molecule has 0 atom stereocenters. The Bertz CT molecular complexity index is 630. The number of hydrogen-bond acceptors (Lipinski definition) is 2. The Hall–Kier alpha value is -2.29. The van der Waals surface area contributed by atoms with Gasteiger partial charge in [0, 0.05) is 12.2 Å². The summed E-state index contributed by atoms with van der Waals surface area (Å²) in [5.41, 5.74) is 9.09. The van der Waals surface area contributed by atoms with E-state index >= 15 is 0 Å². The fourth-order valence-electron chi connectivity index (χ4n) is 2.24. The van der Waals surface area contributed by atoms with E-state index in [0.29, 0.717) is 12.2 Å². The summed E-state index contributed by atoms with van der Waals surface area (Å²) in [5, 5.41) is 3.02. The fraction of sp³-hybridized carbons (Fsp3) is 0.278. The van der Waals surface area contributed by atoms with Gasteiger partial charge in [-0.25, -0.2) is 0 Å². The zero-order chi connectivity index (χ0) is 15.5. The van der Waals surface area contributed by atoms with E-state index in [1.807, 2.05) is 69.3 Å². The molecule has 0 saturated heterocycles. The molecule has 0 bridgehead atoms. The molecule has 0 spiro atoms. The van der Waals surface area contributed by atoms with Gasteiger partial charge in [0.2, 0.25) is 5.91 Å². The first-order valence-corrected chi connectivity index (χ1v) is 7.10. The molecule has 0 fully saturated rings. The molecule has 2 aromatic rings. The van der Waals surface area contributed by atoms with Crippen LogP contribution in [-0.4, -0.2) is 5.91 Å². The van der Waals surface area contributed by atoms with Crippen molar-refractivity contribution in [3.63, 3.8) is 0 Å². The van der Waals surface area contributed by atoms with E-state index in [1.54, 1.807) is 0 Å². The quantitative estimate of drug-likeness (QED) is 0.846. The van der Waals surface area contributed by atoms with Gasteiger partial charge in [-0.3, -0.25) is 4.79 Å². The highest BCUT2D eigenvalue weighted by Crippen LogP contribution is 2.24. The van der Waals surface area contributed by atoms with Crippen LogP contribution in [0.2, 0.25) is 0 Å². The molecule has 0 saturated carbocycles. The maximum Gasteiger partial charge on any atom is 0.230 e. The van der Waals surface area contributed by atoms with E-state index < -0.39 is 5.41 Å². The molecule has 3 N–H and O–H groups in total. The van der Waals surface area contributed by atoms with Crippen molar-refractivity contribution in [1.82, 2.24) is 5.32 Å². The molecule has 0 aliphatic rings. The number of amides is 1. The van der Waals surface area contributed by atoms with Crippen molar-refractivity contribution in [2.24, 2.45) is 0 Å². The Morgan fingerprint density at radius 3 is 2.33 bits per heavy atom. The standard InChI is InChI=1S/C18H22N2O/c1-13-6-4-5-7-14(13)12-20-17(21)18(2,3)15-8-10-16(19)11-9-15/h4-11H,12,19H2,1-3H3,(H,20,21). The number of anilines is 1. The van der Waals surface area contributed by atoms with Crippen LogP contribution in [-0.2, 0) is 16.8 Å². The normalized spacial score (nSPS) is 11.2. The number of benzene rings is 2. The average molecular weight is 282 g/mol. The molecule has 0 radical (unpaired) electrons. The molecule has 21 heavy (non-hydrogen) atoms.